The molecule has 0 aliphatic heterocycles. The number of carbonyl (C=O) groups is 1. The van der Waals surface area contributed by atoms with Crippen molar-refractivity contribution in [2.24, 2.45) is 0 Å². The Morgan fingerprint density at radius 1 is 1.44 bits per heavy atom. The Hall–Kier alpha value is -1.88. The molecule has 1 atom stereocenters. The lowest BCUT2D eigenvalue weighted by molar-refractivity contribution is 0.0696. The molecular weight excluding hydrogens is 248 g/mol. The molecule has 0 spiro atoms. The topological polar surface area (TPSA) is 53.4 Å². The van der Waals surface area contributed by atoms with Gasteiger partial charge in [0.05, 0.1) is 11.6 Å². The molecule has 2 heterocycles. The number of hydrogen-bond donors (Lipinski definition) is 1. The van der Waals surface area contributed by atoms with Crippen LogP contribution in [0.5, 0.6) is 0 Å². The highest BCUT2D eigenvalue weighted by Crippen LogP contribution is 2.26. The molecule has 2 rings (SSSR count). The Labute approximate surface area is 110 Å². The lowest BCUT2D eigenvalue weighted by atomic mass is 10.2. The van der Waals surface area contributed by atoms with Crippen LogP contribution in [0.1, 0.15) is 28.2 Å². The largest absolute Gasteiger partial charge is 0.478 e. The van der Waals surface area contributed by atoms with Crippen molar-refractivity contribution in [3.63, 3.8) is 0 Å². The van der Waals surface area contributed by atoms with Crippen LogP contribution in [0, 0.1) is 0 Å². The zero-order valence-electron chi connectivity index (χ0n) is 10.2. The van der Waals surface area contributed by atoms with Crippen molar-refractivity contribution in [3.8, 4) is 0 Å². The summed E-state index contributed by atoms with van der Waals surface area (Å²) in [6.45, 7) is 2.10. The molecule has 0 radical (unpaired) electrons. The first-order valence-corrected chi connectivity index (χ1v) is 6.43. The number of aromatic nitrogens is 1. The summed E-state index contributed by atoms with van der Waals surface area (Å²) in [5.74, 6) is -0.191. The molecule has 0 bridgehead atoms. The first-order chi connectivity index (χ1) is 8.59. The third-order valence-corrected chi connectivity index (χ3v) is 3.93. The van der Waals surface area contributed by atoms with Gasteiger partial charge in [-0.1, -0.05) is 6.07 Å². The Kier molecular flexibility index (Phi) is 3.62. The Balaban J connectivity index is 2.18. The average molecular weight is 262 g/mol. The summed E-state index contributed by atoms with van der Waals surface area (Å²) in [5.41, 5.74) is 0.205. The van der Waals surface area contributed by atoms with Crippen LogP contribution in [0.25, 0.3) is 0 Å². The molecule has 0 aliphatic rings. The third kappa shape index (κ3) is 2.51. The lowest BCUT2D eigenvalue weighted by Crippen LogP contribution is -2.21. The SMILES string of the molecule is CC(c1cccs1)N(C)c1ccc(C(=O)O)cn1. The normalized spacial score (nSPS) is 12.1. The van der Waals surface area contributed by atoms with Gasteiger partial charge in [-0.15, -0.1) is 11.3 Å². The van der Waals surface area contributed by atoms with Crippen LogP contribution in [-0.2, 0) is 0 Å². The second-order valence-corrected chi connectivity index (χ2v) is 4.99. The van der Waals surface area contributed by atoms with E-state index in [-0.39, 0.29) is 11.6 Å². The summed E-state index contributed by atoms with van der Waals surface area (Å²) in [7, 11) is 1.95. The van der Waals surface area contributed by atoms with Crippen molar-refractivity contribution in [3.05, 3.63) is 46.3 Å². The van der Waals surface area contributed by atoms with Gasteiger partial charge in [0.15, 0.2) is 0 Å². The maximum Gasteiger partial charge on any atom is 0.337 e. The summed E-state index contributed by atoms with van der Waals surface area (Å²) in [5, 5.41) is 10.9. The highest BCUT2D eigenvalue weighted by Gasteiger charge is 2.14. The van der Waals surface area contributed by atoms with E-state index in [2.05, 4.69) is 18.0 Å². The minimum absolute atomic E-state index is 0.205. The zero-order chi connectivity index (χ0) is 13.1. The van der Waals surface area contributed by atoms with Crippen LogP contribution in [-0.4, -0.2) is 23.1 Å². The van der Waals surface area contributed by atoms with E-state index in [0.717, 1.165) is 5.82 Å². The molecule has 0 aliphatic carbocycles. The number of nitrogens with zero attached hydrogens (tertiary/aromatic N) is 2. The monoisotopic (exact) mass is 262 g/mol. The first kappa shape index (κ1) is 12.6. The van der Waals surface area contributed by atoms with E-state index in [1.54, 1.807) is 23.5 Å². The molecule has 4 nitrogen and oxygen atoms in total. The van der Waals surface area contributed by atoms with Gasteiger partial charge in [-0.3, -0.25) is 0 Å². The summed E-state index contributed by atoms with van der Waals surface area (Å²) < 4.78 is 0. The van der Waals surface area contributed by atoms with Crippen molar-refractivity contribution in [2.75, 3.05) is 11.9 Å². The molecule has 0 amide bonds. The van der Waals surface area contributed by atoms with E-state index in [0.29, 0.717) is 0 Å². The van der Waals surface area contributed by atoms with Gasteiger partial charge in [0.1, 0.15) is 5.82 Å². The molecule has 0 saturated carbocycles. The second-order valence-electron chi connectivity index (χ2n) is 4.01. The first-order valence-electron chi connectivity index (χ1n) is 5.55. The summed E-state index contributed by atoms with van der Waals surface area (Å²) >= 11 is 1.70. The van der Waals surface area contributed by atoms with Crippen LogP contribution < -0.4 is 4.90 Å². The van der Waals surface area contributed by atoms with E-state index in [9.17, 15) is 4.79 Å². The lowest BCUT2D eigenvalue weighted by Gasteiger charge is -2.25. The molecular formula is C13H14N2O2S. The van der Waals surface area contributed by atoms with Gasteiger partial charge in [0, 0.05) is 18.1 Å². The number of pyridine rings is 1. The number of hydrogen-bond acceptors (Lipinski definition) is 4. The molecule has 18 heavy (non-hydrogen) atoms. The summed E-state index contributed by atoms with van der Waals surface area (Å²) in [4.78, 5) is 18.2. The van der Waals surface area contributed by atoms with Crippen molar-refractivity contribution in [1.29, 1.82) is 0 Å². The van der Waals surface area contributed by atoms with E-state index >= 15 is 0 Å². The quantitative estimate of drug-likeness (QED) is 0.920. The van der Waals surface area contributed by atoms with Crippen molar-refractivity contribution in [1.82, 2.24) is 4.98 Å². The maximum atomic E-state index is 10.8. The number of carboxylic acids is 1. The van der Waals surface area contributed by atoms with Gasteiger partial charge in [0.2, 0.25) is 0 Å². The smallest absolute Gasteiger partial charge is 0.337 e. The molecule has 0 fully saturated rings. The average Bonchev–Trinajstić information content (AvgIpc) is 2.91. The molecule has 0 saturated heterocycles. The van der Waals surface area contributed by atoms with Gasteiger partial charge >= 0.3 is 5.97 Å². The van der Waals surface area contributed by atoms with Gasteiger partial charge in [0.25, 0.3) is 0 Å². The molecule has 94 valence electrons. The fourth-order valence-electron chi connectivity index (χ4n) is 1.64. The molecule has 5 heteroatoms. The van der Waals surface area contributed by atoms with E-state index < -0.39 is 5.97 Å². The van der Waals surface area contributed by atoms with Crippen LogP contribution >= 0.6 is 11.3 Å². The van der Waals surface area contributed by atoms with Crippen LogP contribution in [0.15, 0.2) is 35.8 Å². The Morgan fingerprint density at radius 2 is 2.22 bits per heavy atom. The maximum absolute atomic E-state index is 10.8. The van der Waals surface area contributed by atoms with Crippen LogP contribution in [0.2, 0.25) is 0 Å². The predicted molar refractivity (Wildman–Crippen MR) is 72.3 cm³/mol. The number of anilines is 1. The second kappa shape index (κ2) is 5.18. The Bertz CT molecular complexity index is 522. The third-order valence-electron chi connectivity index (χ3n) is 2.89. The van der Waals surface area contributed by atoms with E-state index in [1.807, 2.05) is 23.4 Å². The predicted octanol–water partition coefficient (Wildman–Crippen LogP) is 3.04. The highest BCUT2D eigenvalue weighted by molar-refractivity contribution is 7.10. The number of rotatable bonds is 4. The fourth-order valence-corrected chi connectivity index (χ4v) is 2.47. The number of aromatic carboxylic acids is 1. The Morgan fingerprint density at radius 3 is 2.72 bits per heavy atom. The van der Waals surface area contributed by atoms with Crippen molar-refractivity contribution >= 4 is 23.1 Å². The molecule has 2 aromatic heterocycles. The van der Waals surface area contributed by atoms with Gasteiger partial charge in [-0.25, -0.2) is 9.78 Å². The van der Waals surface area contributed by atoms with E-state index in [1.165, 1.54) is 11.1 Å². The van der Waals surface area contributed by atoms with Gasteiger partial charge in [-0.05, 0) is 30.5 Å². The molecule has 2 aromatic rings. The fraction of sp³-hybridized carbons (Fsp3) is 0.231. The van der Waals surface area contributed by atoms with Crippen LogP contribution in [0.4, 0.5) is 5.82 Å². The van der Waals surface area contributed by atoms with Crippen molar-refractivity contribution < 1.29 is 9.90 Å². The molecule has 0 aromatic carbocycles. The zero-order valence-corrected chi connectivity index (χ0v) is 11.0. The molecule has 1 unspecified atom stereocenters. The van der Waals surface area contributed by atoms with Gasteiger partial charge in [-0.2, -0.15) is 0 Å². The van der Waals surface area contributed by atoms with Crippen LogP contribution in [0.3, 0.4) is 0 Å². The standard InChI is InChI=1S/C13H14N2O2S/c1-9(11-4-3-7-18-11)15(2)12-6-5-10(8-14-12)13(16)17/h3-9H,1-2H3,(H,16,17). The highest BCUT2D eigenvalue weighted by atomic mass is 32.1. The minimum atomic E-state index is -0.956. The van der Waals surface area contributed by atoms with E-state index in [4.69, 9.17) is 5.11 Å². The molecule has 1 N–H and O–H groups in total. The van der Waals surface area contributed by atoms with Crippen molar-refractivity contribution in [2.45, 2.75) is 13.0 Å². The number of carboxylic acid groups (broad SMARTS) is 1. The summed E-state index contributed by atoms with van der Waals surface area (Å²) in [6, 6.07) is 7.62. The number of thiophene rings is 1. The minimum Gasteiger partial charge on any atom is -0.478 e. The summed E-state index contributed by atoms with van der Waals surface area (Å²) in [6.07, 6.45) is 1.38. The van der Waals surface area contributed by atoms with Gasteiger partial charge < -0.3 is 10.0 Å².